The van der Waals surface area contributed by atoms with Crippen molar-refractivity contribution < 1.29 is 0 Å². The Bertz CT molecular complexity index is 394. The molecule has 1 aliphatic rings. The summed E-state index contributed by atoms with van der Waals surface area (Å²) in [6, 6.07) is 0. The molecule has 19 heavy (non-hydrogen) atoms. The van der Waals surface area contributed by atoms with Crippen LogP contribution in [0.15, 0.2) is 5.38 Å². The lowest BCUT2D eigenvalue weighted by molar-refractivity contribution is 0.206. The Labute approximate surface area is 121 Å². The SMILES string of the molecule is CN1CCCC(CNCc2csc(C(C)(C)C)n2)C1. The Balaban J connectivity index is 1.75. The third-order valence-corrected chi connectivity index (χ3v) is 4.97. The highest BCUT2D eigenvalue weighted by Gasteiger charge is 2.19. The van der Waals surface area contributed by atoms with E-state index in [1.54, 1.807) is 11.3 Å². The summed E-state index contributed by atoms with van der Waals surface area (Å²) in [5.41, 5.74) is 1.37. The van der Waals surface area contributed by atoms with Gasteiger partial charge in [-0.25, -0.2) is 4.98 Å². The Kier molecular flexibility index (Phi) is 4.98. The number of hydrogen-bond donors (Lipinski definition) is 1. The van der Waals surface area contributed by atoms with Gasteiger partial charge in [-0.3, -0.25) is 0 Å². The molecule has 0 saturated carbocycles. The van der Waals surface area contributed by atoms with E-state index in [0.717, 1.165) is 19.0 Å². The van der Waals surface area contributed by atoms with Crippen molar-refractivity contribution in [3.8, 4) is 0 Å². The van der Waals surface area contributed by atoms with Gasteiger partial charge in [-0.1, -0.05) is 20.8 Å². The molecule has 1 aliphatic heterocycles. The van der Waals surface area contributed by atoms with Crippen LogP contribution < -0.4 is 5.32 Å². The molecule has 1 saturated heterocycles. The van der Waals surface area contributed by atoms with Gasteiger partial charge in [0.25, 0.3) is 0 Å². The molecule has 1 atom stereocenters. The second-order valence-corrected chi connectivity index (χ2v) is 7.65. The van der Waals surface area contributed by atoms with Crippen molar-refractivity contribution in [1.29, 1.82) is 0 Å². The zero-order valence-corrected chi connectivity index (χ0v) is 13.5. The second-order valence-electron chi connectivity index (χ2n) is 6.80. The van der Waals surface area contributed by atoms with E-state index in [4.69, 9.17) is 4.98 Å². The van der Waals surface area contributed by atoms with Crippen LogP contribution in [0.3, 0.4) is 0 Å². The first-order chi connectivity index (χ1) is 8.95. The summed E-state index contributed by atoms with van der Waals surface area (Å²) in [6.07, 6.45) is 2.70. The van der Waals surface area contributed by atoms with E-state index in [1.807, 2.05) is 0 Å². The van der Waals surface area contributed by atoms with Crippen molar-refractivity contribution in [2.45, 2.75) is 45.6 Å². The fourth-order valence-electron chi connectivity index (χ4n) is 2.58. The van der Waals surface area contributed by atoms with Crippen molar-refractivity contribution >= 4 is 11.3 Å². The normalized spacial score (nSPS) is 21.8. The molecule has 0 aromatic carbocycles. The molecule has 2 rings (SSSR count). The average molecular weight is 281 g/mol. The van der Waals surface area contributed by atoms with Gasteiger partial charge in [-0.05, 0) is 38.9 Å². The highest BCUT2D eigenvalue weighted by Crippen LogP contribution is 2.25. The molecular formula is C15H27N3S. The fraction of sp³-hybridized carbons (Fsp3) is 0.800. The van der Waals surface area contributed by atoms with Crippen molar-refractivity contribution in [2.24, 2.45) is 5.92 Å². The van der Waals surface area contributed by atoms with Crippen molar-refractivity contribution in [3.63, 3.8) is 0 Å². The van der Waals surface area contributed by atoms with Crippen LogP contribution in [0.25, 0.3) is 0 Å². The van der Waals surface area contributed by atoms with Crippen LogP contribution in [0.1, 0.15) is 44.3 Å². The van der Waals surface area contributed by atoms with Crippen LogP contribution in [-0.4, -0.2) is 36.6 Å². The van der Waals surface area contributed by atoms with Crippen LogP contribution in [0.2, 0.25) is 0 Å². The molecule has 1 N–H and O–H groups in total. The number of piperidine rings is 1. The molecule has 3 nitrogen and oxygen atoms in total. The first-order valence-corrected chi connectivity index (χ1v) is 8.17. The minimum Gasteiger partial charge on any atom is -0.311 e. The molecule has 0 amide bonds. The van der Waals surface area contributed by atoms with Crippen molar-refractivity contribution in [2.75, 3.05) is 26.7 Å². The third kappa shape index (κ3) is 4.55. The van der Waals surface area contributed by atoms with Crippen LogP contribution in [0.5, 0.6) is 0 Å². The zero-order valence-electron chi connectivity index (χ0n) is 12.7. The van der Waals surface area contributed by atoms with E-state index < -0.39 is 0 Å². The Morgan fingerprint density at radius 1 is 1.47 bits per heavy atom. The predicted molar refractivity (Wildman–Crippen MR) is 82.7 cm³/mol. The Morgan fingerprint density at radius 3 is 2.89 bits per heavy atom. The van der Waals surface area contributed by atoms with Gasteiger partial charge >= 0.3 is 0 Å². The summed E-state index contributed by atoms with van der Waals surface area (Å²) >= 11 is 1.78. The summed E-state index contributed by atoms with van der Waals surface area (Å²) in [5, 5.41) is 7.01. The number of nitrogens with zero attached hydrogens (tertiary/aromatic N) is 2. The minimum atomic E-state index is 0.176. The standard InChI is InChI=1S/C15H27N3S/c1-15(2,3)14-17-13(11-19-14)9-16-8-12-6-5-7-18(4)10-12/h11-12,16H,5-10H2,1-4H3. The van der Waals surface area contributed by atoms with Gasteiger partial charge in [0.05, 0.1) is 10.7 Å². The molecule has 0 bridgehead atoms. The lowest BCUT2D eigenvalue weighted by Crippen LogP contribution is -2.37. The van der Waals surface area contributed by atoms with Gasteiger partial charge in [0, 0.05) is 23.9 Å². The van der Waals surface area contributed by atoms with E-state index in [1.165, 1.54) is 36.6 Å². The summed E-state index contributed by atoms with van der Waals surface area (Å²) in [7, 11) is 2.22. The van der Waals surface area contributed by atoms with E-state index in [0.29, 0.717) is 0 Å². The van der Waals surface area contributed by atoms with E-state index in [2.05, 4.69) is 43.4 Å². The highest BCUT2D eigenvalue weighted by molar-refractivity contribution is 7.09. The molecule has 4 heteroatoms. The smallest absolute Gasteiger partial charge is 0.0982 e. The molecule has 1 unspecified atom stereocenters. The second kappa shape index (κ2) is 6.33. The monoisotopic (exact) mass is 281 g/mol. The van der Waals surface area contributed by atoms with Gasteiger partial charge in [0.2, 0.25) is 0 Å². The highest BCUT2D eigenvalue weighted by atomic mass is 32.1. The summed E-state index contributed by atoms with van der Waals surface area (Å²) < 4.78 is 0. The number of aromatic nitrogens is 1. The molecular weight excluding hydrogens is 254 g/mol. The maximum Gasteiger partial charge on any atom is 0.0982 e. The fourth-order valence-corrected chi connectivity index (χ4v) is 3.48. The van der Waals surface area contributed by atoms with E-state index in [9.17, 15) is 0 Å². The van der Waals surface area contributed by atoms with E-state index in [-0.39, 0.29) is 5.41 Å². The molecule has 0 radical (unpaired) electrons. The molecule has 0 aliphatic carbocycles. The largest absolute Gasteiger partial charge is 0.311 e. The van der Waals surface area contributed by atoms with Gasteiger partial charge in [-0.15, -0.1) is 11.3 Å². The predicted octanol–water partition coefficient (Wildman–Crippen LogP) is 2.87. The average Bonchev–Trinajstić information content (AvgIpc) is 2.77. The Hall–Kier alpha value is -0.450. The van der Waals surface area contributed by atoms with Crippen LogP contribution >= 0.6 is 11.3 Å². The number of nitrogens with one attached hydrogen (secondary N) is 1. The molecule has 1 fully saturated rings. The molecule has 1 aromatic rings. The van der Waals surface area contributed by atoms with E-state index >= 15 is 0 Å². The molecule has 2 heterocycles. The van der Waals surface area contributed by atoms with Gasteiger partial charge in [0.15, 0.2) is 0 Å². The summed E-state index contributed by atoms with van der Waals surface area (Å²) in [6.45, 7) is 11.2. The van der Waals surface area contributed by atoms with Crippen LogP contribution in [0, 0.1) is 5.92 Å². The topological polar surface area (TPSA) is 28.2 Å². The first-order valence-electron chi connectivity index (χ1n) is 7.29. The molecule has 108 valence electrons. The molecule has 1 aromatic heterocycles. The zero-order chi connectivity index (χ0) is 13.9. The van der Waals surface area contributed by atoms with Gasteiger partial charge < -0.3 is 10.2 Å². The number of rotatable bonds is 4. The van der Waals surface area contributed by atoms with Gasteiger partial charge in [0.1, 0.15) is 0 Å². The number of likely N-dealkylation sites (tertiary alicyclic amines) is 1. The van der Waals surface area contributed by atoms with Gasteiger partial charge in [-0.2, -0.15) is 0 Å². The lowest BCUT2D eigenvalue weighted by Gasteiger charge is -2.29. The summed E-state index contributed by atoms with van der Waals surface area (Å²) in [4.78, 5) is 7.17. The van der Waals surface area contributed by atoms with Crippen LogP contribution in [0.4, 0.5) is 0 Å². The first kappa shape index (κ1) is 14.9. The molecule has 0 spiro atoms. The van der Waals surface area contributed by atoms with Crippen molar-refractivity contribution in [1.82, 2.24) is 15.2 Å². The lowest BCUT2D eigenvalue weighted by atomic mass is 9.98. The summed E-state index contributed by atoms with van der Waals surface area (Å²) in [5.74, 6) is 0.805. The maximum atomic E-state index is 4.72. The van der Waals surface area contributed by atoms with Crippen LogP contribution in [-0.2, 0) is 12.0 Å². The number of hydrogen-bond acceptors (Lipinski definition) is 4. The third-order valence-electron chi connectivity index (χ3n) is 3.65. The van der Waals surface area contributed by atoms with Crippen molar-refractivity contribution in [3.05, 3.63) is 16.1 Å². The Morgan fingerprint density at radius 2 is 2.26 bits per heavy atom. The number of thiazole rings is 1. The minimum absolute atomic E-state index is 0.176. The quantitative estimate of drug-likeness (QED) is 0.920. The maximum absolute atomic E-state index is 4.72.